The van der Waals surface area contributed by atoms with E-state index in [-0.39, 0.29) is 18.4 Å². The number of fused-ring (bicyclic) bond motifs is 1. The van der Waals surface area contributed by atoms with E-state index in [4.69, 9.17) is 21.4 Å². The Kier molecular flexibility index (Phi) is 4.92. The molecular weight excluding hydrogens is 312 g/mol. The van der Waals surface area contributed by atoms with Crippen molar-refractivity contribution in [3.63, 3.8) is 0 Å². The largest absolute Gasteiger partial charge is 0.458 e. The van der Waals surface area contributed by atoms with Gasteiger partial charge in [0.15, 0.2) is 5.11 Å². The number of nitrogens with one attached hydrogen (secondary N) is 2. The number of esters is 1. The van der Waals surface area contributed by atoms with Crippen LogP contribution in [0.4, 0.5) is 0 Å². The molecule has 1 aromatic carbocycles. The molecule has 0 spiro atoms. The van der Waals surface area contributed by atoms with Gasteiger partial charge in [0.2, 0.25) is 5.76 Å². The van der Waals surface area contributed by atoms with Gasteiger partial charge in [0.05, 0.1) is 18.8 Å². The molecule has 0 saturated carbocycles. The molecule has 2 N–H and O–H groups in total. The Hall–Kier alpha value is -2.34. The first-order chi connectivity index (χ1) is 11.2. The molecule has 1 atom stereocenters. The Labute approximate surface area is 140 Å². The molecule has 1 unspecified atom stereocenters. The summed E-state index contributed by atoms with van der Waals surface area (Å²) in [6.45, 7) is 0.676. The molecule has 1 aliphatic carbocycles. The van der Waals surface area contributed by atoms with Gasteiger partial charge in [0.1, 0.15) is 6.61 Å². The Morgan fingerprint density at radius 2 is 2.17 bits per heavy atom. The smallest absolute Gasteiger partial charge is 0.374 e. The minimum Gasteiger partial charge on any atom is -0.458 e. The zero-order valence-electron chi connectivity index (χ0n) is 12.6. The van der Waals surface area contributed by atoms with Gasteiger partial charge in [0, 0.05) is 0 Å². The highest BCUT2D eigenvalue weighted by Crippen LogP contribution is 2.30. The number of hydrogen-bond acceptors (Lipinski definition) is 4. The van der Waals surface area contributed by atoms with Crippen molar-refractivity contribution in [3.8, 4) is 0 Å². The van der Waals surface area contributed by atoms with E-state index in [1.807, 2.05) is 6.07 Å². The lowest BCUT2D eigenvalue weighted by Gasteiger charge is -2.17. The fourth-order valence-corrected chi connectivity index (χ4v) is 2.93. The number of benzene rings is 1. The van der Waals surface area contributed by atoms with Crippen molar-refractivity contribution in [2.24, 2.45) is 0 Å². The Bertz CT molecular complexity index is 685. The molecule has 6 heteroatoms. The number of hydrogen-bond donors (Lipinski definition) is 2. The van der Waals surface area contributed by atoms with E-state index in [2.05, 4.69) is 28.8 Å². The topological polar surface area (TPSA) is 63.5 Å². The van der Waals surface area contributed by atoms with Crippen LogP contribution in [0.5, 0.6) is 0 Å². The Morgan fingerprint density at radius 3 is 3.00 bits per heavy atom. The van der Waals surface area contributed by atoms with Crippen LogP contribution in [0.1, 0.15) is 34.1 Å². The summed E-state index contributed by atoms with van der Waals surface area (Å²) in [6, 6.07) is 11.9. The van der Waals surface area contributed by atoms with Gasteiger partial charge in [-0.1, -0.05) is 24.3 Å². The highest BCUT2D eigenvalue weighted by Gasteiger charge is 2.22. The van der Waals surface area contributed by atoms with E-state index >= 15 is 0 Å². The lowest BCUT2D eigenvalue weighted by atomic mass is 10.1. The number of carbonyl (C=O) groups excluding carboxylic acids is 1. The van der Waals surface area contributed by atoms with Crippen LogP contribution in [0.15, 0.2) is 47.1 Å². The summed E-state index contributed by atoms with van der Waals surface area (Å²) < 4.78 is 10.0. The summed E-state index contributed by atoms with van der Waals surface area (Å²) in [5.41, 5.74) is 2.68. The Balaban J connectivity index is 1.38. The maximum absolute atomic E-state index is 11.6. The summed E-state index contributed by atoms with van der Waals surface area (Å²) in [6.07, 6.45) is 3.54. The first-order valence-corrected chi connectivity index (χ1v) is 7.97. The fraction of sp³-hybridized carbons (Fsp3) is 0.294. The quantitative estimate of drug-likeness (QED) is 0.499. The summed E-state index contributed by atoms with van der Waals surface area (Å²) in [7, 11) is 0. The van der Waals surface area contributed by atoms with Crippen molar-refractivity contribution in [1.82, 2.24) is 10.6 Å². The van der Waals surface area contributed by atoms with Crippen LogP contribution < -0.4 is 10.6 Å². The van der Waals surface area contributed by atoms with E-state index in [0.29, 0.717) is 11.7 Å². The molecule has 0 saturated heterocycles. The molecular formula is C17H18N2O3S. The van der Waals surface area contributed by atoms with Crippen LogP contribution in [0.3, 0.4) is 0 Å². The van der Waals surface area contributed by atoms with Crippen LogP contribution in [0.2, 0.25) is 0 Å². The Morgan fingerprint density at radius 1 is 1.30 bits per heavy atom. The molecule has 1 heterocycles. The van der Waals surface area contributed by atoms with E-state index in [0.717, 1.165) is 12.8 Å². The summed E-state index contributed by atoms with van der Waals surface area (Å²) in [5.74, 6) is -0.270. The van der Waals surface area contributed by atoms with Crippen molar-refractivity contribution < 1.29 is 13.9 Å². The number of furan rings is 1. The predicted molar refractivity (Wildman–Crippen MR) is 90.2 cm³/mol. The van der Waals surface area contributed by atoms with Crippen LogP contribution in [-0.4, -0.2) is 24.2 Å². The van der Waals surface area contributed by atoms with Gasteiger partial charge in [-0.05, 0) is 48.3 Å². The minimum atomic E-state index is -0.472. The first kappa shape index (κ1) is 15.6. The average Bonchev–Trinajstić information content (AvgIpc) is 3.22. The van der Waals surface area contributed by atoms with E-state index in [1.54, 1.807) is 12.1 Å². The molecule has 0 aliphatic heterocycles. The third kappa shape index (κ3) is 3.90. The molecule has 3 rings (SSSR count). The molecule has 2 aromatic rings. The second-order valence-electron chi connectivity index (χ2n) is 5.30. The number of aryl methyl sites for hydroxylation is 1. The lowest BCUT2D eigenvalue weighted by Crippen LogP contribution is -2.38. The van der Waals surface area contributed by atoms with E-state index in [9.17, 15) is 4.79 Å². The third-order valence-electron chi connectivity index (χ3n) is 3.78. The van der Waals surface area contributed by atoms with E-state index in [1.165, 1.54) is 17.4 Å². The van der Waals surface area contributed by atoms with Crippen molar-refractivity contribution in [1.29, 1.82) is 0 Å². The average molecular weight is 330 g/mol. The van der Waals surface area contributed by atoms with Gasteiger partial charge in [0.25, 0.3) is 0 Å². The van der Waals surface area contributed by atoms with Crippen LogP contribution in [0.25, 0.3) is 0 Å². The van der Waals surface area contributed by atoms with Crippen LogP contribution in [-0.2, 0) is 11.2 Å². The number of rotatable bonds is 5. The molecule has 23 heavy (non-hydrogen) atoms. The van der Waals surface area contributed by atoms with Gasteiger partial charge in [-0.3, -0.25) is 0 Å². The molecule has 1 aromatic heterocycles. The van der Waals surface area contributed by atoms with Crippen molar-refractivity contribution in [2.75, 3.05) is 13.2 Å². The van der Waals surface area contributed by atoms with Crippen molar-refractivity contribution in [2.45, 2.75) is 18.9 Å². The van der Waals surface area contributed by atoms with Crippen LogP contribution in [0, 0.1) is 0 Å². The third-order valence-corrected chi connectivity index (χ3v) is 4.04. The molecule has 5 nitrogen and oxygen atoms in total. The molecule has 0 fully saturated rings. The molecule has 0 bridgehead atoms. The summed E-state index contributed by atoms with van der Waals surface area (Å²) in [5, 5.41) is 6.94. The number of ether oxygens (including phenoxy) is 1. The van der Waals surface area contributed by atoms with Crippen molar-refractivity contribution in [3.05, 3.63) is 59.5 Å². The minimum absolute atomic E-state index is 0.202. The highest BCUT2D eigenvalue weighted by molar-refractivity contribution is 7.80. The lowest BCUT2D eigenvalue weighted by molar-refractivity contribution is 0.0476. The second-order valence-corrected chi connectivity index (χ2v) is 5.71. The van der Waals surface area contributed by atoms with Crippen molar-refractivity contribution >= 4 is 23.3 Å². The highest BCUT2D eigenvalue weighted by atomic mass is 32.1. The summed E-state index contributed by atoms with van der Waals surface area (Å²) >= 11 is 5.30. The zero-order chi connectivity index (χ0) is 16.1. The van der Waals surface area contributed by atoms with Gasteiger partial charge in [-0.25, -0.2) is 4.79 Å². The zero-order valence-corrected chi connectivity index (χ0v) is 13.4. The first-order valence-electron chi connectivity index (χ1n) is 7.57. The fourth-order valence-electron chi connectivity index (χ4n) is 2.69. The summed E-state index contributed by atoms with van der Waals surface area (Å²) in [4.78, 5) is 11.6. The molecule has 0 radical (unpaired) electrons. The normalized spacial score (nSPS) is 15.7. The number of carbonyl (C=O) groups is 1. The molecule has 0 amide bonds. The van der Waals surface area contributed by atoms with Gasteiger partial charge in [-0.2, -0.15) is 0 Å². The van der Waals surface area contributed by atoms with Gasteiger partial charge in [-0.15, -0.1) is 0 Å². The van der Waals surface area contributed by atoms with Crippen LogP contribution >= 0.6 is 12.2 Å². The van der Waals surface area contributed by atoms with E-state index < -0.39 is 5.97 Å². The predicted octanol–water partition coefficient (Wildman–Crippen LogP) is 2.59. The van der Waals surface area contributed by atoms with Gasteiger partial charge >= 0.3 is 5.97 Å². The van der Waals surface area contributed by atoms with Gasteiger partial charge < -0.3 is 19.8 Å². The molecule has 1 aliphatic rings. The standard InChI is InChI=1S/C17H18N2O3S/c20-16(15-6-3-10-21-15)22-11-9-18-17(23)19-14-8-7-12-4-1-2-5-13(12)14/h1-6,10,14H,7-9,11H2,(H2,18,19,23). The monoisotopic (exact) mass is 330 g/mol. The maximum atomic E-state index is 11.6. The second kappa shape index (κ2) is 7.28. The molecule has 120 valence electrons. The SMILES string of the molecule is O=C(OCCNC(=S)NC1CCc2ccccc21)c1ccco1. The number of thiocarbonyl (C=S) groups is 1. The maximum Gasteiger partial charge on any atom is 0.374 e.